The van der Waals surface area contributed by atoms with E-state index >= 15 is 0 Å². The van der Waals surface area contributed by atoms with E-state index in [0.29, 0.717) is 0 Å². The van der Waals surface area contributed by atoms with Crippen molar-refractivity contribution in [1.29, 1.82) is 0 Å². The SMILES string of the molecule is CCCC1CCN(c2ccccc2C(N)CC)CC1. The first-order chi connectivity index (χ1) is 9.26. The van der Waals surface area contributed by atoms with E-state index in [4.69, 9.17) is 5.73 Å². The summed E-state index contributed by atoms with van der Waals surface area (Å²) in [7, 11) is 0. The molecule has 106 valence electrons. The first kappa shape index (κ1) is 14.4. The molecule has 0 amide bonds. The molecule has 0 spiro atoms. The maximum absolute atomic E-state index is 6.25. The average molecular weight is 260 g/mol. The molecule has 1 aliphatic rings. The molecule has 2 rings (SSSR count). The molecule has 0 aromatic heterocycles. The van der Waals surface area contributed by atoms with Crippen LogP contribution in [0.1, 0.15) is 57.6 Å². The number of nitrogens with zero attached hydrogens (tertiary/aromatic N) is 1. The number of benzene rings is 1. The number of para-hydroxylation sites is 1. The summed E-state index contributed by atoms with van der Waals surface area (Å²) in [5.41, 5.74) is 8.94. The van der Waals surface area contributed by atoms with E-state index in [1.165, 1.54) is 50.0 Å². The Balaban J connectivity index is 2.07. The molecule has 1 aromatic rings. The van der Waals surface area contributed by atoms with Crippen LogP contribution in [0, 0.1) is 5.92 Å². The molecule has 0 bridgehead atoms. The van der Waals surface area contributed by atoms with E-state index in [0.717, 1.165) is 12.3 Å². The summed E-state index contributed by atoms with van der Waals surface area (Å²) < 4.78 is 0. The Hall–Kier alpha value is -1.02. The minimum atomic E-state index is 0.171. The molecule has 0 aliphatic carbocycles. The van der Waals surface area contributed by atoms with Crippen LogP contribution in [0.5, 0.6) is 0 Å². The van der Waals surface area contributed by atoms with Gasteiger partial charge in [0.1, 0.15) is 0 Å². The van der Waals surface area contributed by atoms with Gasteiger partial charge in [0.2, 0.25) is 0 Å². The molecule has 0 saturated carbocycles. The van der Waals surface area contributed by atoms with Crippen LogP contribution in [0.25, 0.3) is 0 Å². The Kier molecular flexibility index (Phi) is 5.26. The van der Waals surface area contributed by atoms with Crippen LogP contribution in [-0.2, 0) is 0 Å². The van der Waals surface area contributed by atoms with E-state index in [1.807, 2.05) is 0 Å². The van der Waals surface area contributed by atoms with Gasteiger partial charge in [-0.15, -0.1) is 0 Å². The van der Waals surface area contributed by atoms with Gasteiger partial charge in [0.25, 0.3) is 0 Å². The molecule has 2 heteroatoms. The first-order valence-corrected chi connectivity index (χ1v) is 7.85. The quantitative estimate of drug-likeness (QED) is 0.863. The lowest BCUT2D eigenvalue weighted by Gasteiger charge is -2.35. The third kappa shape index (κ3) is 3.50. The highest BCUT2D eigenvalue weighted by molar-refractivity contribution is 5.55. The molecule has 19 heavy (non-hydrogen) atoms. The lowest BCUT2D eigenvalue weighted by Crippen LogP contribution is -2.34. The monoisotopic (exact) mass is 260 g/mol. The van der Waals surface area contributed by atoms with Crippen LogP contribution >= 0.6 is 0 Å². The zero-order valence-electron chi connectivity index (χ0n) is 12.4. The fraction of sp³-hybridized carbons (Fsp3) is 0.647. The molecule has 1 heterocycles. The fourth-order valence-electron chi connectivity index (χ4n) is 3.18. The van der Waals surface area contributed by atoms with Gasteiger partial charge in [-0.2, -0.15) is 0 Å². The van der Waals surface area contributed by atoms with Crippen molar-refractivity contribution in [3.05, 3.63) is 29.8 Å². The third-order valence-electron chi connectivity index (χ3n) is 4.43. The molecular weight excluding hydrogens is 232 g/mol. The Bertz CT molecular complexity index is 381. The van der Waals surface area contributed by atoms with Gasteiger partial charge >= 0.3 is 0 Å². The van der Waals surface area contributed by atoms with Crippen molar-refractivity contribution < 1.29 is 0 Å². The summed E-state index contributed by atoms with van der Waals surface area (Å²) in [5, 5.41) is 0. The maximum Gasteiger partial charge on any atom is 0.0414 e. The lowest BCUT2D eigenvalue weighted by atomic mass is 9.91. The Morgan fingerprint density at radius 2 is 1.89 bits per heavy atom. The Morgan fingerprint density at radius 3 is 2.53 bits per heavy atom. The normalized spacial score (nSPS) is 18.6. The van der Waals surface area contributed by atoms with Crippen LogP contribution in [0.3, 0.4) is 0 Å². The van der Waals surface area contributed by atoms with Crippen molar-refractivity contribution in [2.75, 3.05) is 18.0 Å². The lowest BCUT2D eigenvalue weighted by molar-refractivity contribution is 0.378. The molecule has 1 fully saturated rings. The summed E-state index contributed by atoms with van der Waals surface area (Å²) in [5.74, 6) is 0.938. The number of anilines is 1. The molecule has 1 aliphatic heterocycles. The minimum absolute atomic E-state index is 0.171. The van der Waals surface area contributed by atoms with Gasteiger partial charge in [0.05, 0.1) is 0 Å². The van der Waals surface area contributed by atoms with Gasteiger partial charge in [-0.1, -0.05) is 44.9 Å². The van der Waals surface area contributed by atoms with E-state index in [9.17, 15) is 0 Å². The second kappa shape index (κ2) is 6.95. The molecule has 2 nitrogen and oxygen atoms in total. The van der Waals surface area contributed by atoms with E-state index in [-0.39, 0.29) is 6.04 Å². The van der Waals surface area contributed by atoms with Crippen LogP contribution in [0.4, 0.5) is 5.69 Å². The van der Waals surface area contributed by atoms with Gasteiger partial charge in [-0.05, 0) is 36.8 Å². The second-order valence-electron chi connectivity index (χ2n) is 5.79. The first-order valence-electron chi connectivity index (χ1n) is 7.85. The van der Waals surface area contributed by atoms with Crippen molar-refractivity contribution in [2.24, 2.45) is 11.7 Å². The minimum Gasteiger partial charge on any atom is -0.371 e. The number of hydrogen-bond acceptors (Lipinski definition) is 2. The van der Waals surface area contributed by atoms with Crippen LogP contribution in [0.15, 0.2) is 24.3 Å². The molecular formula is C17H28N2. The number of nitrogens with two attached hydrogens (primary N) is 1. The van der Waals surface area contributed by atoms with Crippen molar-refractivity contribution in [3.8, 4) is 0 Å². The van der Waals surface area contributed by atoms with Crippen LogP contribution in [0.2, 0.25) is 0 Å². The van der Waals surface area contributed by atoms with Crippen molar-refractivity contribution >= 4 is 5.69 Å². The molecule has 1 saturated heterocycles. The summed E-state index contributed by atoms with van der Waals surface area (Å²) in [4.78, 5) is 2.54. The predicted octanol–water partition coefficient (Wildman–Crippen LogP) is 4.11. The van der Waals surface area contributed by atoms with E-state index in [2.05, 4.69) is 43.0 Å². The summed E-state index contributed by atoms with van der Waals surface area (Å²) >= 11 is 0. The number of piperidine rings is 1. The zero-order valence-corrected chi connectivity index (χ0v) is 12.4. The van der Waals surface area contributed by atoms with Crippen molar-refractivity contribution in [1.82, 2.24) is 0 Å². The highest BCUT2D eigenvalue weighted by atomic mass is 15.1. The number of rotatable bonds is 5. The molecule has 0 radical (unpaired) electrons. The van der Waals surface area contributed by atoms with Crippen LogP contribution in [-0.4, -0.2) is 13.1 Å². The molecule has 1 unspecified atom stereocenters. The van der Waals surface area contributed by atoms with Crippen molar-refractivity contribution in [3.63, 3.8) is 0 Å². The van der Waals surface area contributed by atoms with Gasteiger partial charge in [-0.25, -0.2) is 0 Å². The third-order valence-corrected chi connectivity index (χ3v) is 4.43. The van der Waals surface area contributed by atoms with Crippen LogP contribution < -0.4 is 10.6 Å². The molecule has 2 N–H and O–H groups in total. The smallest absolute Gasteiger partial charge is 0.0414 e. The summed E-state index contributed by atoms with van der Waals surface area (Å²) in [6.07, 6.45) is 6.39. The number of hydrogen-bond donors (Lipinski definition) is 1. The summed E-state index contributed by atoms with van der Waals surface area (Å²) in [6.45, 7) is 6.84. The summed E-state index contributed by atoms with van der Waals surface area (Å²) in [6, 6.07) is 8.86. The van der Waals surface area contributed by atoms with Gasteiger partial charge in [0, 0.05) is 24.8 Å². The highest BCUT2D eigenvalue weighted by Crippen LogP contribution is 2.31. The average Bonchev–Trinajstić information content (AvgIpc) is 2.47. The zero-order chi connectivity index (χ0) is 13.7. The predicted molar refractivity (Wildman–Crippen MR) is 83.5 cm³/mol. The largest absolute Gasteiger partial charge is 0.371 e. The fourth-order valence-corrected chi connectivity index (χ4v) is 3.18. The van der Waals surface area contributed by atoms with E-state index in [1.54, 1.807) is 0 Å². The molecule has 1 aromatic carbocycles. The van der Waals surface area contributed by atoms with Gasteiger partial charge < -0.3 is 10.6 Å². The van der Waals surface area contributed by atoms with E-state index < -0.39 is 0 Å². The van der Waals surface area contributed by atoms with Gasteiger partial charge in [0.15, 0.2) is 0 Å². The Labute approximate surface area is 118 Å². The second-order valence-corrected chi connectivity index (χ2v) is 5.79. The van der Waals surface area contributed by atoms with Crippen molar-refractivity contribution in [2.45, 2.75) is 52.0 Å². The standard InChI is InChI=1S/C17H28N2/c1-3-7-14-10-12-19(13-11-14)17-9-6-5-8-15(17)16(18)4-2/h5-6,8-9,14,16H,3-4,7,10-13,18H2,1-2H3. The van der Waals surface area contributed by atoms with Gasteiger partial charge in [-0.3, -0.25) is 0 Å². The molecule has 1 atom stereocenters. The maximum atomic E-state index is 6.25. The highest BCUT2D eigenvalue weighted by Gasteiger charge is 2.21. The topological polar surface area (TPSA) is 29.3 Å². The Morgan fingerprint density at radius 1 is 1.21 bits per heavy atom.